The largest absolute Gasteiger partial charge is 0.598 e. The number of benzene rings is 1. The maximum absolute atomic E-state index is 12.2. The van der Waals surface area contributed by atoms with Gasteiger partial charge in [-0.2, -0.15) is 0 Å². The monoisotopic (exact) mass is 285 g/mol. The van der Waals surface area contributed by atoms with Crippen LogP contribution in [0, 0.1) is 0 Å². The molecule has 18 heavy (non-hydrogen) atoms. The van der Waals surface area contributed by atoms with Crippen molar-refractivity contribution in [2.75, 3.05) is 5.88 Å². The normalized spacial score (nSPS) is 12.0. The van der Waals surface area contributed by atoms with E-state index < -0.39 is 7.73 Å². The molecule has 0 N–H and O–H groups in total. The van der Waals surface area contributed by atoms with Crippen molar-refractivity contribution in [3.8, 4) is 0 Å². The summed E-state index contributed by atoms with van der Waals surface area (Å²) in [5, 5.41) is 0.612. The predicted molar refractivity (Wildman–Crippen MR) is 74.7 cm³/mol. The van der Waals surface area contributed by atoms with Crippen molar-refractivity contribution in [2.45, 2.75) is 19.4 Å². The number of aromatic nitrogens is 2. The Hall–Kier alpha value is -1.12. The second kappa shape index (κ2) is 5.68. The Morgan fingerprint density at radius 1 is 1.28 bits per heavy atom. The third-order valence-corrected chi connectivity index (χ3v) is 4.72. The summed E-state index contributed by atoms with van der Waals surface area (Å²) in [4.78, 5) is 12.2. The van der Waals surface area contributed by atoms with Gasteiger partial charge in [-0.05, 0) is 29.5 Å². The molecule has 0 aliphatic heterocycles. The maximum Gasteiger partial charge on any atom is 0.598 e. The van der Waals surface area contributed by atoms with Gasteiger partial charge in [0.15, 0.2) is 0 Å². The third kappa shape index (κ3) is 2.36. The van der Waals surface area contributed by atoms with E-state index in [1.807, 2.05) is 18.2 Å². The lowest BCUT2D eigenvalue weighted by Crippen LogP contribution is -2.20. The minimum Gasteiger partial charge on any atom is -0.265 e. The molecule has 96 valence electrons. The summed E-state index contributed by atoms with van der Waals surface area (Å²) in [6.45, 7) is 0.486. The summed E-state index contributed by atoms with van der Waals surface area (Å²) in [6.07, 6.45) is 1.59. The van der Waals surface area contributed by atoms with Gasteiger partial charge in [0.05, 0.1) is 24.5 Å². The highest BCUT2D eigenvalue weighted by molar-refractivity contribution is 7.28. The average Bonchev–Trinajstić information content (AvgIpc) is 2.40. The maximum atomic E-state index is 12.2. The molecule has 2 aromatic rings. The molecule has 0 saturated heterocycles. The van der Waals surface area contributed by atoms with E-state index in [2.05, 4.69) is 0 Å². The van der Waals surface area contributed by atoms with Gasteiger partial charge in [-0.15, -0.1) is 20.3 Å². The van der Waals surface area contributed by atoms with Crippen LogP contribution >= 0.6 is 19.3 Å². The molecule has 0 aliphatic rings. The first kappa shape index (κ1) is 13.3. The van der Waals surface area contributed by atoms with E-state index in [0.29, 0.717) is 17.8 Å². The van der Waals surface area contributed by atoms with E-state index in [4.69, 9.17) is 11.6 Å². The first-order chi connectivity index (χ1) is 8.66. The van der Waals surface area contributed by atoms with Crippen LogP contribution in [-0.2, 0) is 18.2 Å². The topological polar surface area (TPSA) is 44.0 Å². The number of para-hydroxylation sites is 1. The van der Waals surface area contributed by atoms with Crippen LogP contribution in [0.4, 0.5) is 0 Å². The van der Waals surface area contributed by atoms with Gasteiger partial charge in [-0.25, -0.2) is 0 Å². The summed E-state index contributed by atoms with van der Waals surface area (Å²) in [5.41, 5.74) is 0.580. The van der Waals surface area contributed by atoms with Crippen molar-refractivity contribution in [3.05, 3.63) is 34.6 Å². The zero-order chi connectivity index (χ0) is 13.1. The fourth-order valence-electron chi connectivity index (χ4n) is 1.95. The molecule has 1 atom stereocenters. The van der Waals surface area contributed by atoms with Crippen molar-refractivity contribution in [3.63, 3.8) is 0 Å². The quantitative estimate of drug-likeness (QED) is 0.640. The van der Waals surface area contributed by atoms with E-state index in [-0.39, 0.29) is 5.56 Å². The molecule has 6 heteroatoms. The number of hydrogen-bond donors (Lipinski definition) is 0. The predicted octanol–water partition coefficient (Wildman–Crippen LogP) is 3.10. The van der Waals surface area contributed by atoms with Crippen molar-refractivity contribution in [2.24, 2.45) is 7.05 Å². The van der Waals surface area contributed by atoms with Crippen molar-refractivity contribution in [1.82, 2.24) is 8.66 Å². The number of rotatable bonds is 4. The van der Waals surface area contributed by atoms with Crippen LogP contribution in [0.25, 0.3) is 10.9 Å². The number of halogens is 1. The van der Waals surface area contributed by atoms with Crippen LogP contribution in [-0.4, -0.2) is 14.5 Å². The molecule has 0 amide bonds. The molecular weight excluding hydrogens is 271 g/mol. The van der Waals surface area contributed by atoms with E-state index in [0.717, 1.165) is 18.4 Å². The van der Waals surface area contributed by atoms with Crippen LogP contribution in [0.5, 0.6) is 0 Å². The zero-order valence-electron chi connectivity index (χ0n) is 10.2. The molecule has 0 spiro atoms. The van der Waals surface area contributed by atoms with Gasteiger partial charge in [0, 0.05) is 5.88 Å². The first-order valence-electron chi connectivity index (χ1n) is 5.84. The SMILES string of the molecule is Cn1c2ccccc2c(=O)n(CCCCCl)[p+]1=O. The van der Waals surface area contributed by atoms with Crippen LogP contribution < -0.4 is 5.56 Å². The summed E-state index contributed by atoms with van der Waals surface area (Å²) in [7, 11) is -0.0863. The molecule has 1 heterocycles. The Labute approximate surface area is 111 Å². The lowest BCUT2D eigenvalue weighted by atomic mass is 10.2. The highest BCUT2D eigenvalue weighted by Crippen LogP contribution is 2.18. The average molecular weight is 286 g/mol. The lowest BCUT2D eigenvalue weighted by Gasteiger charge is -2.01. The van der Waals surface area contributed by atoms with E-state index >= 15 is 0 Å². The van der Waals surface area contributed by atoms with E-state index in [1.54, 1.807) is 17.4 Å². The van der Waals surface area contributed by atoms with Gasteiger partial charge in [-0.3, -0.25) is 4.79 Å². The molecule has 0 bridgehead atoms. The van der Waals surface area contributed by atoms with Gasteiger partial charge in [0.2, 0.25) is 0 Å². The standard InChI is InChI=1S/C12H15ClN2O2P/c1-14-11-7-3-2-6-10(11)12(16)15(18(14)17)9-5-4-8-13/h2-3,6-7H,4-5,8-9H2,1H3/q+1. The Morgan fingerprint density at radius 3 is 2.72 bits per heavy atom. The summed E-state index contributed by atoms with van der Waals surface area (Å²) in [6, 6.07) is 7.25. The van der Waals surface area contributed by atoms with E-state index in [9.17, 15) is 9.36 Å². The van der Waals surface area contributed by atoms with Gasteiger partial charge in [0.25, 0.3) is 5.56 Å². The van der Waals surface area contributed by atoms with Gasteiger partial charge in [0.1, 0.15) is 0 Å². The highest BCUT2D eigenvalue weighted by Gasteiger charge is 2.19. The zero-order valence-corrected chi connectivity index (χ0v) is 11.8. The minimum atomic E-state index is -1.83. The molecule has 0 radical (unpaired) electrons. The van der Waals surface area contributed by atoms with Gasteiger partial charge >= 0.3 is 7.73 Å². The summed E-state index contributed by atoms with van der Waals surface area (Å²) in [5.74, 6) is 0.561. The van der Waals surface area contributed by atoms with Crippen molar-refractivity contribution >= 4 is 30.2 Å². The molecule has 1 aromatic heterocycles. The smallest absolute Gasteiger partial charge is 0.265 e. The number of fused-ring (bicyclic) bond motifs is 1. The molecule has 0 saturated carbocycles. The molecular formula is C12H15ClN2O2P+. The Balaban J connectivity index is 2.60. The van der Waals surface area contributed by atoms with Gasteiger partial charge < -0.3 is 0 Å². The van der Waals surface area contributed by atoms with Crippen molar-refractivity contribution < 1.29 is 4.57 Å². The Morgan fingerprint density at radius 2 is 2.00 bits per heavy atom. The fourth-order valence-corrected chi connectivity index (χ4v) is 3.40. The number of alkyl halides is 1. The van der Waals surface area contributed by atoms with Crippen molar-refractivity contribution in [1.29, 1.82) is 0 Å². The molecule has 1 unspecified atom stereocenters. The van der Waals surface area contributed by atoms with Crippen LogP contribution in [0.3, 0.4) is 0 Å². The van der Waals surface area contributed by atoms with Crippen LogP contribution in [0.15, 0.2) is 29.1 Å². The summed E-state index contributed by atoms with van der Waals surface area (Å²) < 4.78 is 15.3. The Bertz CT molecular complexity index is 678. The fraction of sp³-hybridized carbons (Fsp3) is 0.417. The number of unbranched alkanes of at least 4 members (excludes halogenated alkanes) is 1. The van der Waals surface area contributed by atoms with Crippen LogP contribution in [0.1, 0.15) is 12.8 Å². The molecule has 4 nitrogen and oxygen atoms in total. The second-order valence-electron chi connectivity index (χ2n) is 4.12. The Kier molecular flexibility index (Phi) is 4.20. The highest BCUT2D eigenvalue weighted by atomic mass is 35.5. The number of hydrogen-bond acceptors (Lipinski definition) is 2. The first-order valence-corrected chi connectivity index (χ1v) is 7.54. The second-order valence-corrected chi connectivity index (χ2v) is 6.08. The van der Waals surface area contributed by atoms with Gasteiger partial charge in [-0.1, -0.05) is 12.1 Å². The van der Waals surface area contributed by atoms with E-state index in [1.165, 1.54) is 4.33 Å². The molecule has 1 aromatic carbocycles. The van der Waals surface area contributed by atoms with Crippen LogP contribution in [0.2, 0.25) is 0 Å². The minimum absolute atomic E-state index is 0.153. The third-order valence-electron chi connectivity index (χ3n) is 2.93. The molecule has 0 aliphatic carbocycles. The number of aryl methyl sites for hydroxylation is 1. The number of nitrogens with zero attached hydrogens (tertiary/aromatic N) is 2. The lowest BCUT2D eigenvalue weighted by molar-refractivity contribution is 0.563. The summed E-state index contributed by atoms with van der Waals surface area (Å²) >= 11 is 5.62. The molecule has 2 rings (SSSR count). The molecule has 0 fully saturated rings.